The zero-order chi connectivity index (χ0) is 9.26. The highest BCUT2D eigenvalue weighted by atomic mass is 32.2. The number of nitrogens with one attached hydrogen (secondary N) is 1. The number of nitrogen functional groups attached to an aromatic ring is 1. The van der Waals surface area contributed by atoms with Crippen molar-refractivity contribution in [1.82, 2.24) is 4.37 Å². The third kappa shape index (κ3) is 2.08. The van der Waals surface area contributed by atoms with Crippen LogP contribution in [0, 0.1) is 5.92 Å². The normalized spacial score (nSPS) is 16.1. The van der Waals surface area contributed by atoms with E-state index in [0.29, 0.717) is 5.82 Å². The van der Waals surface area contributed by atoms with E-state index in [1.54, 1.807) is 11.8 Å². The van der Waals surface area contributed by atoms with Crippen molar-refractivity contribution in [3.8, 4) is 0 Å². The molecule has 0 radical (unpaired) electrons. The van der Waals surface area contributed by atoms with Gasteiger partial charge >= 0.3 is 0 Å². The van der Waals surface area contributed by atoms with E-state index in [9.17, 15) is 0 Å². The first kappa shape index (κ1) is 9.15. The summed E-state index contributed by atoms with van der Waals surface area (Å²) in [6, 6.07) is 0. The summed E-state index contributed by atoms with van der Waals surface area (Å²) < 4.78 is 4.12. The fraction of sp³-hybridized carbons (Fsp3) is 0.625. The van der Waals surface area contributed by atoms with Gasteiger partial charge < -0.3 is 11.1 Å². The summed E-state index contributed by atoms with van der Waals surface area (Å²) in [6.07, 6.45) is 4.77. The first-order valence-corrected chi connectivity index (χ1v) is 6.34. The van der Waals surface area contributed by atoms with Gasteiger partial charge in [0.1, 0.15) is 5.00 Å². The lowest BCUT2D eigenvalue weighted by molar-refractivity contribution is 0.890. The summed E-state index contributed by atoms with van der Waals surface area (Å²) in [5.41, 5.74) is 5.71. The van der Waals surface area contributed by atoms with Gasteiger partial charge in [0.2, 0.25) is 0 Å². The third-order valence-electron chi connectivity index (χ3n) is 2.13. The quantitative estimate of drug-likeness (QED) is 0.757. The Morgan fingerprint density at radius 3 is 3.08 bits per heavy atom. The van der Waals surface area contributed by atoms with Crippen LogP contribution in [0.15, 0.2) is 4.90 Å². The second-order valence-corrected chi connectivity index (χ2v) is 4.84. The van der Waals surface area contributed by atoms with E-state index >= 15 is 0 Å². The van der Waals surface area contributed by atoms with E-state index in [1.807, 2.05) is 6.26 Å². The predicted molar refractivity (Wildman–Crippen MR) is 59.5 cm³/mol. The van der Waals surface area contributed by atoms with E-state index in [0.717, 1.165) is 22.4 Å². The maximum atomic E-state index is 5.71. The molecule has 1 aromatic rings. The summed E-state index contributed by atoms with van der Waals surface area (Å²) in [4.78, 5) is 1.10. The molecule has 1 heterocycles. The van der Waals surface area contributed by atoms with Gasteiger partial charge in [-0.2, -0.15) is 4.37 Å². The molecule has 0 aliphatic heterocycles. The molecular weight excluding hydrogens is 202 g/mol. The first-order valence-electron chi connectivity index (χ1n) is 4.34. The van der Waals surface area contributed by atoms with Crippen molar-refractivity contribution in [2.45, 2.75) is 17.7 Å². The van der Waals surface area contributed by atoms with Gasteiger partial charge in [-0.3, -0.25) is 0 Å². The lowest BCUT2D eigenvalue weighted by Crippen LogP contribution is -2.02. The molecule has 0 atom stereocenters. The molecule has 13 heavy (non-hydrogen) atoms. The molecule has 0 spiro atoms. The fourth-order valence-electron chi connectivity index (χ4n) is 1.16. The Morgan fingerprint density at radius 2 is 2.46 bits per heavy atom. The summed E-state index contributed by atoms with van der Waals surface area (Å²) in [7, 11) is 0. The zero-order valence-corrected chi connectivity index (χ0v) is 9.17. The third-order valence-corrected chi connectivity index (χ3v) is 3.90. The Kier molecular flexibility index (Phi) is 2.64. The Labute approximate surface area is 86.3 Å². The van der Waals surface area contributed by atoms with Crippen LogP contribution in [-0.4, -0.2) is 17.2 Å². The summed E-state index contributed by atoms with van der Waals surface area (Å²) >= 11 is 3.12. The number of rotatable bonds is 4. The minimum absolute atomic E-state index is 0.663. The topological polar surface area (TPSA) is 50.9 Å². The Balaban J connectivity index is 2.00. The molecule has 72 valence electrons. The Bertz CT molecular complexity index is 294. The molecule has 3 N–H and O–H groups in total. The number of nitrogens with zero attached hydrogens (tertiary/aromatic N) is 1. The van der Waals surface area contributed by atoms with E-state index in [-0.39, 0.29) is 0 Å². The van der Waals surface area contributed by atoms with Crippen molar-refractivity contribution in [2.24, 2.45) is 5.92 Å². The highest BCUT2D eigenvalue weighted by molar-refractivity contribution is 7.99. The van der Waals surface area contributed by atoms with Crippen LogP contribution in [0.25, 0.3) is 0 Å². The Hall–Kier alpha value is -0.420. The fourth-order valence-corrected chi connectivity index (χ4v) is 2.71. The van der Waals surface area contributed by atoms with Crippen molar-refractivity contribution >= 4 is 34.1 Å². The van der Waals surface area contributed by atoms with Gasteiger partial charge in [0.15, 0.2) is 5.82 Å². The second kappa shape index (κ2) is 3.75. The average Bonchev–Trinajstić information content (AvgIpc) is 2.88. The minimum Gasteiger partial charge on any atom is -0.382 e. The van der Waals surface area contributed by atoms with Gasteiger partial charge in [-0.05, 0) is 36.5 Å². The molecule has 0 saturated heterocycles. The lowest BCUT2D eigenvalue weighted by atomic mass is 10.4. The van der Waals surface area contributed by atoms with E-state index < -0.39 is 0 Å². The van der Waals surface area contributed by atoms with Gasteiger partial charge in [0, 0.05) is 6.54 Å². The van der Waals surface area contributed by atoms with Gasteiger partial charge in [0.05, 0.1) is 4.90 Å². The first-order chi connectivity index (χ1) is 6.31. The molecule has 1 saturated carbocycles. The lowest BCUT2D eigenvalue weighted by Gasteiger charge is -2.03. The van der Waals surface area contributed by atoms with Gasteiger partial charge in [-0.25, -0.2) is 0 Å². The maximum absolute atomic E-state index is 5.71. The standard InChI is InChI=1S/C8H13N3S2/c1-12-6-7(9)11-13-8(6)10-4-5-2-3-5/h5,10H,2-4H2,1H3,(H2,9,11). The molecule has 3 nitrogen and oxygen atoms in total. The summed E-state index contributed by atoms with van der Waals surface area (Å²) in [6.45, 7) is 1.08. The van der Waals surface area contributed by atoms with Crippen LogP contribution >= 0.6 is 23.3 Å². The molecular formula is C8H13N3S2. The van der Waals surface area contributed by atoms with Crippen LogP contribution in [0.4, 0.5) is 10.8 Å². The van der Waals surface area contributed by atoms with Crippen molar-refractivity contribution < 1.29 is 0 Å². The molecule has 0 amide bonds. The second-order valence-electron chi connectivity index (χ2n) is 3.25. The maximum Gasteiger partial charge on any atom is 0.153 e. The molecule has 2 rings (SSSR count). The molecule has 1 aliphatic carbocycles. The van der Waals surface area contributed by atoms with Crippen molar-refractivity contribution in [3.63, 3.8) is 0 Å². The highest BCUT2D eigenvalue weighted by Crippen LogP contribution is 2.36. The van der Waals surface area contributed by atoms with Crippen LogP contribution in [0.5, 0.6) is 0 Å². The average molecular weight is 215 g/mol. The van der Waals surface area contributed by atoms with Crippen LogP contribution in [0.1, 0.15) is 12.8 Å². The highest BCUT2D eigenvalue weighted by Gasteiger charge is 2.21. The van der Waals surface area contributed by atoms with Crippen LogP contribution in [0.2, 0.25) is 0 Å². The minimum atomic E-state index is 0.663. The van der Waals surface area contributed by atoms with Crippen LogP contribution < -0.4 is 11.1 Å². The molecule has 1 aliphatic rings. The number of hydrogen-bond acceptors (Lipinski definition) is 5. The van der Waals surface area contributed by atoms with Crippen LogP contribution in [0.3, 0.4) is 0 Å². The molecule has 0 aromatic carbocycles. The molecule has 1 fully saturated rings. The number of hydrogen-bond donors (Lipinski definition) is 2. The van der Waals surface area contributed by atoms with Crippen molar-refractivity contribution in [1.29, 1.82) is 0 Å². The predicted octanol–water partition coefficient (Wildman–Crippen LogP) is 2.27. The number of aromatic nitrogens is 1. The smallest absolute Gasteiger partial charge is 0.153 e. The largest absolute Gasteiger partial charge is 0.382 e. The van der Waals surface area contributed by atoms with E-state index in [1.165, 1.54) is 24.4 Å². The van der Waals surface area contributed by atoms with Crippen molar-refractivity contribution in [3.05, 3.63) is 0 Å². The number of anilines is 2. The molecule has 0 bridgehead atoms. The van der Waals surface area contributed by atoms with Gasteiger partial charge in [0.25, 0.3) is 0 Å². The molecule has 0 unspecified atom stereocenters. The zero-order valence-electron chi connectivity index (χ0n) is 7.54. The molecule has 1 aromatic heterocycles. The monoisotopic (exact) mass is 215 g/mol. The van der Waals surface area contributed by atoms with Gasteiger partial charge in [-0.15, -0.1) is 11.8 Å². The van der Waals surface area contributed by atoms with Crippen molar-refractivity contribution in [2.75, 3.05) is 23.9 Å². The SMILES string of the molecule is CSc1c(N)nsc1NCC1CC1. The van der Waals surface area contributed by atoms with Gasteiger partial charge in [-0.1, -0.05) is 0 Å². The summed E-state index contributed by atoms with van der Waals surface area (Å²) in [5, 5.41) is 4.54. The summed E-state index contributed by atoms with van der Waals surface area (Å²) in [5.74, 6) is 1.55. The van der Waals surface area contributed by atoms with Crippen LogP contribution in [-0.2, 0) is 0 Å². The number of thioether (sulfide) groups is 1. The number of nitrogens with two attached hydrogens (primary N) is 1. The molecule has 5 heteroatoms. The van der Waals surface area contributed by atoms with E-state index in [4.69, 9.17) is 5.73 Å². The van der Waals surface area contributed by atoms with E-state index in [2.05, 4.69) is 9.69 Å². The Morgan fingerprint density at radius 1 is 1.69 bits per heavy atom.